The van der Waals surface area contributed by atoms with Crippen molar-refractivity contribution in [2.45, 2.75) is 63.8 Å². The van der Waals surface area contributed by atoms with Gasteiger partial charge in [0.25, 0.3) is 11.8 Å². The third kappa shape index (κ3) is 10.8. The molecule has 0 aliphatic carbocycles. The zero-order valence-corrected chi connectivity index (χ0v) is 23.2. The minimum absolute atomic E-state index is 0.00525. The van der Waals surface area contributed by atoms with Crippen LogP contribution in [0.2, 0.25) is 0 Å². The summed E-state index contributed by atoms with van der Waals surface area (Å²) in [4.78, 5) is 53.3. The molecule has 0 aromatic carbocycles. The highest BCUT2D eigenvalue weighted by atomic mass is 16.5. The second kappa shape index (κ2) is 13.6. The first-order chi connectivity index (χ1) is 17.4. The number of aliphatic carboxylic acids is 2. The van der Waals surface area contributed by atoms with Crippen molar-refractivity contribution in [3.63, 3.8) is 0 Å². The summed E-state index contributed by atoms with van der Waals surface area (Å²) < 4.78 is 11.4. The lowest BCUT2D eigenvalue weighted by atomic mass is 9.95. The number of nitrogens with zero attached hydrogens (tertiary/aromatic N) is 2. The fourth-order valence-corrected chi connectivity index (χ4v) is 4.56. The molecule has 1 aliphatic heterocycles. The molecule has 0 saturated carbocycles. The number of carboxylic acids is 2. The van der Waals surface area contributed by atoms with Gasteiger partial charge in [-0.3, -0.25) is 29.0 Å². The molecule has 14 heteroatoms. The molecular formula is C24H44N4O10. The van der Waals surface area contributed by atoms with E-state index in [0.717, 1.165) is 0 Å². The highest BCUT2D eigenvalue weighted by molar-refractivity contribution is 5.86. The van der Waals surface area contributed by atoms with Crippen molar-refractivity contribution in [1.29, 1.82) is 0 Å². The summed E-state index contributed by atoms with van der Waals surface area (Å²) in [5.41, 5.74) is -5.25. The Morgan fingerprint density at radius 1 is 0.711 bits per heavy atom. The van der Waals surface area contributed by atoms with Crippen LogP contribution in [0.3, 0.4) is 0 Å². The van der Waals surface area contributed by atoms with Gasteiger partial charge < -0.3 is 40.5 Å². The first kappa shape index (κ1) is 33.7. The normalized spacial score (nSPS) is 27.7. The summed E-state index contributed by atoms with van der Waals surface area (Å²) in [6.45, 7) is 7.24. The van der Waals surface area contributed by atoms with Gasteiger partial charge in [0.2, 0.25) is 0 Å². The highest BCUT2D eigenvalue weighted by Gasteiger charge is 2.44. The number of carbonyl (C=O) groups is 4. The number of ether oxygens (including phenoxy) is 2. The lowest BCUT2D eigenvalue weighted by Gasteiger charge is -2.43. The highest BCUT2D eigenvalue weighted by Crippen LogP contribution is 2.22. The van der Waals surface area contributed by atoms with E-state index in [2.05, 4.69) is 10.6 Å². The molecule has 220 valence electrons. The first-order valence-electron chi connectivity index (χ1n) is 12.4. The van der Waals surface area contributed by atoms with Gasteiger partial charge in [-0.1, -0.05) is 0 Å². The third-order valence-corrected chi connectivity index (χ3v) is 5.89. The molecule has 2 atom stereocenters. The summed E-state index contributed by atoms with van der Waals surface area (Å²) in [7, 11) is 0. The number of carboxylic acid groups (broad SMARTS) is 2. The van der Waals surface area contributed by atoms with E-state index in [4.69, 9.17) is 9.47 Å². The monoisotopic (exact) mass is 548 g/mol. The molecule has 1 saturated heterocycles. The van der Waals surface area contributed by atoms with Gasteiger partial charge in [0.05, 0.1) is 39.5 Å². The number of aliphatic hydroxyl groups excluding tert-OH is 2. The lowest BCUT2D eigenvalue weighted by molar-refractivity contribution is -0.158. The van der Waals surface area contributed by atoms with Crippen LogP contribution in [-0.4, -0.2) is 142 Å². The van der Waals surface area contributed by atoms with Crippen LogP contribution in [0.25, 0.3) is 0 Å². The van der Waals surface area contributed by atoms with Crippen molar-refractivity contribution in [2.75, 3.05) is 65.7 Å². The van der Waals surface area contributed by atoms with Crippen LogP contribution in [0.5, 0.6) is 0 Å². The van der Waals surface area contributed by atoms with E-state index < -0.39 is 59.1 Å². The minimum Gasteiger partial charge on any atom is -0.480 e. The summed E-state index contributed by atoms with van der Waals surface area (Å²) >= 11 is 0. The Labute approximate surface area is 223 Å². The Morgan fingerprint density at radius 3 is 1.29 bits per heavy atom. The van der Waals surface area contributed by atoms with Gasteiger partial charge in [0.15, 0.2) is 11.2 Å². The predicted molar refractivity (Wildman–Crippen MR) is 135 cm³/mol. The van der Waals surface area contributed by atoms with E-state index in [1.54, 1.807) is 27.7 Å². The summed E-state index contributed by atoms with van der Waals surface area (Å²) in [6.07, 6.45) is 0. The van der Waals surface area contributed by atoms with Crippen LogP contribution >= 0.6 is 0 Å². The fraction of sp³-hybridized carbons (Fsp3) is 0.833. The SMILES string of the molecule is CC1(C)CN(CC(=O)O)C[C@](C)(OCCO)C(=O)NC(C)(C)CN(CC(=O)O)C[C@@](C)(OCCO)C(=O)N1. The summed E-state index contributed by atoms with van der Waals surface area (Å²) in [5, 5.41) is 43.4. The molecule has 0 spiro atoms. The number of carbonyl (C=O) groups excluding carboxylic acids is 2. The minimum atomic E-state index is -1.59. The molecule has 14 nitrogen and oxygen atoms in total. The molecule has 0 aromatic rings. The molecular weight excluding hydrogens is 504 g/mol. The zero-order valence-electron chi connectivity index (χ0n) is 23.2. The van der Waals surface area contributed by atoms with E-state index in [0.29, 0.717) is 0 Å². The average Bonchev–Trinajstić information content (AvgIpc) is 2.73. The van der Waals surface area contributed by atoms with Gasteiger partial charge >= 0.3 is 11.9 Å². The Kier molecular flexibility index (Phi) is 12.1. The maximum atomic E-state index is 13.5. The Balaban J connectivity index is 3.61. The Bertz CT molecular complexity index is 784. The van der Waals surface area contributed by atoms with Crippen molar-refractivity contribution in [2.24, 2.45) is 0 Å². The number of aliphatic hydroxyl groups is 2. The Hall–Kier alpha value is -2.36. The second-order valence-corrected chi connectivity index (χ2v) is 11.4. The van der Waals surface area contributed by atoms with Gasteiger partial charge in [0.1, 0.15) is 0 Å². The molecule has 2 amide bonds. The fourth-order valence-electron chi connectivity index (χ4n) is 4.56. The van der Waals surface area contributed by atoms with Crippen LogP contribution < -0.4 is 10.6 Å². The number of hydrogen-bond donors (Lipinski definition) is 6. The standard InChI is InChI=1S/C24H44N4O10/c1-21(2)13-27(11-17(31)32)15-24(6,38-10-8-30)20(36)26-22(3,4)14-28(12-18(33)34)16-23(5,19(35)25-21)37-9-7-29/h29-30H,7-16H2,1-6H3,(H,25,35)(H,26,36)(H,31,32)(H,33,34)/t23-,24+. The number of amides is 2. The molecule has 0 radical (unpaired) electrons. The van der Waals surface area contributed by atoms with Crippen LogP contribution in [0, 0.1) is 0 Å². The van der Waals surface area contributed by atoms with Crippen molar-refractivity contribution in [1.82, 2.24) is 20.4 Å². The van der Waals surface area contributed by atoms with Crippen molar-refractivity contribution in [3.8, 4) is 0 Å². The van der Waals surface area contributed by atoms with E-state index in [9.17, 15) is 39.6 Å². The first-order valence-corrected chi connectivity index (χ1v) is 12.4. The average molecular weight is 549 g/mol. The van der Waals surface area contributed by atoms with Crippen LogP contribution in [0.1, 0.15) is 41.5 Å². The van der Waals surface area contributed by atoms with Gasteiger partial charge in [-0.05, 0) is 41.5 Å². The molecule has 0 bridgehead atoms. The molecule has 0 aromatic heterocycles. The largest absolute Gasteiger partial charge is 0.480 e. The van der Waals surface area contributed by atoms with Gasteiger partial charge in [-0.25, -0.2) is 0 Å². The third-order valence-electron chi connectivity index (χ3n) is 5.89. The number of nitrogens with one attached hydrogen (secondary N) is 2. The predicted octanol–water partition coefficient (Wildman–Crippen LogP) is -1.90. The second-order valence-electron chi connectivity index (χ2n) is 11.4. The van der Waals surface area contributed by atoms with E-state index >= 15 is 0 Å². The summed E-state index contributed by atoms with van der Waals surface area (Å²) in [6, 6.07) is 0. The molecule has 1 aliphatic rings. The maximum absolute atomic E-state index is 13.5. The van der Waals surface area contributed by atoms with Crippen LogP contribution in [0.15, 0.2) is 0 Å². The quantitative estimate of drug-likeness (QED) is 0.177. The van der Waals surface area contributed by atoms with Crippen LogP contribution in [0.4, 0.5) is 0 Å². The van der Waals surface area contributed by atoms with E-state index in [-0.39, 0.29) is 52.6 Å². The molecule has 6 N–H and O–H groups in total. The molecule has 38 heavy (non-hydrogen) atoms. The van der Waals surface area contributed by atoms with E-state index in [1.165, 1.54) is 23.6 Å². The van der Waals surface area contributed by atoms with Gasteiger partial charge in [-0.15, -0.1) is 0 Å². The topological polar surface area (TPSA) is 198 Å². The van der Waals surface area contributed by atoms with Crippen molar-refractivity contribution in [3.05, 3.63) is 0 Å². The van der Waals surface area contributed by atoms with Crippen molar-refractivity contribution < 1.29 is 49.1 Å². The number of hydrogen-bond acceptors (Lipinski definition) is 10. The van der Waals surface area contributed by atoms with Gasteiger partial charge in [0, 0.05) is 37.3 Å². The van der Waals surface area contributed by atoms with Gasteiger partial charge in [-0.2, -0.15) is 0 Å². The summed E-state index contributed by atoms with van der Waals surface area (Å²) in [5.74, 6) is -3.47. The number of rotatable bonds is 10. The smallest absolute Gasteiger partial charge is 0.317 e. The Morgan fingerprint density at radius 2 is 1.03 bits per heavy atom. The van der Waals surface area contributed by atoms with Crippen molar-refractivity contribution >= 4 is 23.8 Å². The maximum Gasteiger partial charge on any atom is 0.317 e. The lowest BCUT2D eigenvalue weighted by Crippen LogP contribution is -2.66. The zero-order chi connectivity index (χ0) is 29.4. The van der Waals surface area contributed by atoms with E-state index in [1.807, 2.05) is 0 Å². The molecule has 0 unspecified atom stereocenters. The molecule has 1 heterocycles. The molecule has 1 rings (SSSR count). The molecule has 1 fully saturated rings. The van der Waals surface area contributed by atoms with Crippen LogP contribution in [-0.2, 0) is 28.7 Å².